The van der Waals surface area contributed by atoms with Crippen molar-refractivity contribution in [2.45, 2.75) is 18.7 Å². The maximum absolute atomic E-state index is 11.9. The Morgan fingerprint density at radius 3 is 2.82 bits per heavy atom. The van der Waals surface area contributed by atoms with Crippen LogP contribution in [-0.2, 0) is 4.74 Å². The molecule has 0 radical (unpaired) electrons. The highest BCUT2D eigenvalue weighted by atomic mass is 79.9. The van der Waals surface area contributed by atoms with Crippen LogP contribution in [0.4, 0.5) is 0 Å². The molecule has 5 heteroatoms. The van der Waals surface area contributed by atoms with E-state index < -0.39 is 0 Å². The van der Waals surface area contributed by atoms with Crippen LogP contribution in [0.5, 0.6) is 0 Å². The second-order valence-electron chi connectivity index (χ2n) is 3.85. The van der Waals surface area contributed by atoms with Gasteiger partial charge in [-0.05, 0) is 26.0 Å². The summed E-state index contributed by atoms with van der Waals surface area (Å²) in [7, 11) is 1.63. The van der Waals surface area contributed by atoms with E-state index in [1.165, 1.54) is 0 Å². The number of halogens is 1. The van der Waals surface area contributed by atoms with Crippen molar-refractivity contribution in [1.29, 1.82) is 0 Å². The van der Waals surface area contributed by atoms with E-state index in [0.717, 1.165) is 11.4 Å². The standard InChI is InChI=1S/C12H17BrN2O2/c1-8-4-5-11(9(2)15-8)12(16)14-6-10(13)7-17-3/h4-5,10H,6-7H2,1-3H3,(H,14,16). The molecule has 1 N–H and O–H groups in total. The molecule has 0 fully saturated rings. The predicted octanol–water partition coefficient (Wildman–Crippen LogP) is 1.84. The molecule has 1 aromatic rings. The van der Waals surface area contributed by atoms with Gasteiger partial charge in [-0.15, -0.1) is 0 Å². The number of hydrogen-bond acceptors (Lipinski definition) is 3. The fraction of sp³-hybridized carbons (Fsp3) is 0.500. The second-order valence-corrected chi connectivity index (χ2v) is 5.14. The average molecular weight is 301 g/mol. The van der Waals surface area contributed by atoms with E-state index in [1.807, 2.05) is 19.9 Å². The zero-order chi connectivity index (χ0) is 12.8. The lowest BCUT2D eigenvalue weighted by atomic mass is 10.1. The van der Waals surface area contributed by atoms with Crippen molar-refractivity contribution in [3.05, 3.63) is 29.1 Å². The summed E-state index contributed by atoms with van der Waals surface area (Å²) in [4.78, 5) is 16.3. The number of ether oxygens (including phenoxy) is 1. The van der Waals surface area contributed by atoms with Gasteiger partial charge in [-0.1, -0.05) is 15.9 Å². The Labute approximate surface area is 110 Å². The zero-order valence-corrected chi connectivity index (χ0v) is 11.9. The fourth-order valence-corrected chi connectivity index (χ4v) is 1.89. The molecule has 1 unspecified atom stereocenters. The first-order valence-corrected chi connectivity index (χ1v) is 6.31. The van der Waals surface area contributed by atoms with Crippen LogP contribution in [0.25, 0.3) is 0 Å². The highest BCUT2D eigenvalue weighted by molar-refractivity contribution is 9.09. The number of nitrogens with zero attached hydrogens (tertiary/aromatic N) is 1. The van der Waals surface area contributed by atoms with Crippen molar-refractivity contribution in [3.63, 3.8) is 0 Å². The van der Waals surface area contributed by atoms with Crippen LogP contribution < -0.4 is 5.32 Å². The summed E-state index contributed by atoms with van der Waals surface area (Å²) in [5.41, 5.74) is 2.28. The van der Waals surface area contributed by atoms with Gasteiger partial charge in [0.25, 0.3) is 5.91 Å². The molecule has 1 rings (SSSR count). The van der Waals surface area contributed by atoms with E-state index in [-0.39, 0.29) is 10.7 Å². The molecule has 0 aliphatic heterocycles. The Morgan fingerprint density at radius 1 is 1.53 bits per heavy atom. The largest absolute Gasteiger partial charge is 0.383 e. The maximum atomic E-state index is 11.9. The van der Waals surface area contributed by atoms with Gasteiger partial charge in [0.15, 0.2) is 0 Å². The SMILES string of the molecule is COCC(Br)CNC(=O)c1ccc(C)nc1C. The summed E-state index contributed by atoms with van der Waals surface area (Å²) in [6, 6.07) is 3.63. The normalized spacial score (nSPS) is 12.2. The molecule has 0 aromatic carbocycles. The number of alkyl halides is 1. The van der Waals surface area contributed by atoms with Gasteiger partial charge in [-0.2, -0.15) is 0 Å². The summed E-state index contributed by atoms with van der Waals surface area (Å²) in [5, 5.41) is 2.84. The van der Waals surface area contributed by atoms with E-state index >= 15 is 0 Å². The molecule has 1 heterocycles. The lowest BCUT2D eigenvalue weighted by molar-refractivity contribution is 0.0949. The molecule has 94 valence electrons. The highest BCUT2D eigenvalue weighted by Crippen LogP contribution is 2.06. The third-order valence-electron chi connectivity index (χ3n) is 2.30. The Kier molecular flexibility index (Phi) is 5.58. The molecule has 0 spiro atoms. The highest BCUT2D eigenvalue weighted by Gasteiger charge is 2.11. The number of rotatable bonds is 5. The minimum absolute atomic E-state index is 0.101. The van der Waals surface area contributed by atoms with E-state index in [1.54, 1.807) is 13.2 Å². The molecule has 17 heavy (non-hydrogen) atoms. The maximum Gasteiger partial charge on any atom is 0.253 e. The molecule has 0 bridgehead atoms. The first-order valence-electron chi connectivity index (χ1n) is 5.40. The van der Waals surface area contributed by atoms with Gasteiger partial charge in [0.05, 0.1) is 22.7 Å². The Hall–Kier alpha value is -0.940. The van der Waals surface area contributed by atoms with Crippen LogP contribution in [-0.4, -0.2) is 36.0 Å². The molecular formula is C12H17BrN2O2. The van der Waals surface area contributed by atoms with Gasteiger partial charge >= 0.3 is 0 Å². The zero-order valence-electron chi connectivity index (χ0n) is 10.3. The minimum Gasteiger partial charge on any atom is -0.383 e. The van der Waals surface area contributed by atoms with Crippen LogP contribution >= 0.6 is 15.9 Å². The number of amides is 1. The van der Waals surface area contributed by atoms with Gasteiger partial charge in [0.1, 0.15) is 0 Å². The summed E-state index contributed by atoms with van der Waals surface area (Å²) in [6.07, 6.45) is 0. The van der Waals surface area contributed by atoms with E-state index in [2.05, 4.69) is 26.2 Å². The fourth-order valence-electron chi connectivity index (χ4n) is 1.46. The molecule has 1 amide bonds. The number of nitrogens with one attached hydrogen (secondary N) is 1. The van der Waals surface area contributed by atoms with E-state index in [4.69, 9.17) is 4.74 Å². The average Bonchev–Trinajstić information content (AvgIpc) is 2.26. The minimum atomic E-state index is -0.101. The summed E-state index contributed by atoms with van der Waals surface area (Å²) in [6.45, 7) is 4.83. The monoisotopic (exact) mass is 300 g/mol. The lowest BCUT2D eigenvalue weighted by Gasteiger charge is -2.11. The van der Waals surface area contributed by atoms with E-state index in [0.29, 0.717) is 18.7 Å². The smallest absolute Gasteiger partial charge is 0.253 e. The van der Waals surface area contributed by atoms with Gasteiger partial charge in [0.2, 0.25) is 0 Å². The lowest BCUT2D eigenvalue weighted by Crippen LogP contribution is -2.32. The Balaban J connectivity index is 2.58. The predicted molar refractivity (Wildman–Crippen MR) is 70.6 cm³/mol. The van der Waals surface area contributed by atoms with Crippen LogP contribution in [0.2, 0.25) is 0 Å². The molecule has 1 atom stereocenters. The van der Waals surface area contributed by atoms with E-state index in [9.17, 15) is 4.79 Å². The van der Waals surface area contributed by atoms with Crippen molar-refractivity contribution in [3.8, 4) is 0 Å². The molecule has 0 aliphatic rings. The first-order chi connectivity index (χ1) is 8.04. The number of aromatic nitrogens is 1. The number of carbonyl (C=O) groups is 1. The summed E-state index contributed by atoms with van der Waals surface area (Å²) < 4.78 is 4.97. The molecule has 4 nitrogen and oxygen atoms in total. The number of methoxy groups -OCH3 is 1. The van der Waals surface area contributed by atoms with Crippen molar-refractivity contribution in [2.24, 2.45) is 0 Å². The molecule has 0 saturated carbocycles. The third-order valence-corrected chi connectivity index (χ3v) is 2.89. The summed E-state index contributed by atoms with van der Waals surface area (Å²) >= 11 is 3.41. The Morgan fingerprint density at radius 2 is 2.24 bits per heavy atom. The number of hydrogen-bond donors (Lipinski definition) is 1. The molecular weight excluding hydrogens is 284 g/mol. The van der Waals surface area contributed by atoms with Crippen molar-refractivity contribution < 1.29 is 9.53 Å². The first kappa shape index (κ1) is 14.1. The topological polar surface area (TPSA) is 51.2 Å². The molecule has 0 saturated heterocycles. The van der Waals surface area contributed by atoms with Gasteiger partial charge in [-0.25, -0.2) is 0 Å². The summed E-state index contributed by atoms with van der Waals surface area (Å²) in [5.74, 6) is -0.101. The van der Waals surface area contributed by atoms with Crippen molar-refractivity contribution >= 4 is 21.8 Å². The van der Waals surface area contributed by atoms with Crippen LogP contribution in [0.3, 0.4) is 0 Å². The molecule has 0 aliphatic carbocycles. The molecule has 1 aromatic heterocycles. The van der Waals surface area contributed by atoms with Crippen molar-refractivity contribution in [1.82, 2.24) is 10.3 Å². The van der Waals surface area contributed by atoms with Crippen molar-refractivity contribution in [2.75, 3.05) is 20.3 Å². The number of pyridine rings is 1. The van der Waals surface area contributed by atoms with Gasteiger partial charge in [-0.3, -0.25) is 9.78 Å². The van der Waals surface area contributed by atoms with Gasteiger partial charge < -0.3 is 10.1 Å². The third kappa shape index (κ3) is 4.44. The van der Waals surface area contributed by atoms with Crippen LogP contribution in [0.1, 0.15) is 21.7 Å². The Bertz CT molecular complexity index is 396. The number of carbonyl (C=O) groups excluding carboxylic acids is 1. The van der Waals surface area contributed by atoms with Crippen LogP contribution in [0, 0.1) is 13.8 Å². The van der Waals surface area contributed by atoms with Gasteiger partial charge in [0, 0.05) is 19.3 Å². The second kappa shape index (κ2) is 6.71. The number of aryl methyl sites for hydroxylation is 2. The van der Waals surface area contributed by atoms with Crippen LogP contribution in [0.15, 0.2) is 12.1 Å². The quantitative estimate of drug-likeness (QED) is 0.844.